The maximum Gasteiger partial charge on any atom is 0.269 e. The van der Waals surface area contributed by atoms with E-state index in [9.17, 15) is 14.9 Å². The minimum absolute atomic E-state index is 0.0364. The fourth-order valence-corrected chi connectivity index (χ4v) is 2.66. The molecule has 1 unspecified atom stereocenters. The smallest absolute Gasteiger partial charge is 0.269 e. The van der Waals surface area contributed by atoms with Gasteiger partial charge in [-0.3, -0.25) is 14.9 Å². The first-order valence-electron chi connectivity index (χ1n) is 7.02. The molecule has 0 radical (unpaired) electrons. The molecule has 1 aliphatic heterocycles. The molecule has 112 valence electrons. The van der Waals surface area contributed by atoms with Gasteiger partial charge in [-0.2, -0.15) is 0 Å². The fourth-order valence-electron chi connectivity index (χ4n) is 2.66. The average molecular weight is 297 g/mol. The van der Waals surface area contributed by atoms with Gasteiger partial charge in [0.2, 0.25) is 0 Å². The number of anilines is 1. The summed E-state index contributed by atoms with van der Waals surface area (Å²) >= 11 is 0. The zero-order chi connectivity index (χ0) is 15.7. The number of nitrogens with zero attached hydrogens (tertiary/aromatic N) is 2. The highest BCUT2D eigenvalue weighted by atomic mass is 16.6. The monoisotopic (exact) mass is 297 g/mol. The number of carbonyl (C=O) groups is 1. The van der Waals surface area contributed by atoms with Crippen molar-refractivity contribution in [1.29, 1.82) is 0 Å². The summed E-state index contributed by atoms with van der Waals surface area (Å²) in [5.41, 5.74) is 2.27. The van der Waals surface area contributed by atoms with Gasteiger partial charge in [0, 0.05) is 24.4 Å². The second-order valence-corrected chi connectivity index (χ2v) is 5.03. The molecule has 0 saturated heterocycles. The molecular formula is C16H15N3O3. The molecule has 0 spiro atoms. The number of nitrogens with one attached hydrogen (secondary N) is 1. The Bertz CT molecular complexity index is 728. The number of fused-ring (bicyclic) bond motifs is 1. The summed E-state index contributed by atoms with van der Waals surface area (Å²) in [6.07, 6.45) is -0.326. The number of non-ortho nitro benzene ring substituents is 1. The third-order valence-electron chi connectivity index (χ3n) is 3.78. The van der Waals surface area contributed by atoms with Gasteiger partial charge in [-0.1, -0.05) is 12.1 Å². The van der Waals surface area contributed by atoms with Crippen molar-refractivity contribution in [2.75, 3.05) is 11.9 Å². The first-order chi connectivity index (χ1) is 10.6. The van der Waals surface area contributed by atoms with Gasteiger partial charge in [0.15, 0.2) is 0 Å². The topological polar surface area (TPSA) is 75.5 Å². The van der Waals surface area contributed by atoms with Crippen molar-refractivity contribution >= 4 is 17.3 Å². The lowest BCUT2D eigenvalue weighted by Crippen LogP contribution is -2.42. The Morgan fingerprint density at radius 3 is 2.50 bits per heavy atom. The molecule has 1 aliphatic rings. The van der Waals surface area contributed by atoms with E-state index in [1.165, 1.54) is 12.1 Å². The molecule has 0 aliphatic carbocycles. The molecule has 6 heteroatoms. The maximum atomic E-state index is 12.6. The van der Waals surface area contributed by atoms with Crippen LogP contribution in [0.4, 0.5) is 11.4 Å². The van der Waals surface area contributed by atoms with Crippen LogP contribution in [0.1, 0.15) is 29.0 Å². The Kier molecular flexibility index (Phi) is 3.50. The first kappa shape index (κ1) is 14.1. The molecule has 22 heavy (non-hydrogen) atoms. The second kappa shape index (κ2) is 5.48. The average Bonchev–Trinajstić information content (AvgIpc) is 2.55. The number of hydrogen-bond donors (Lipinski definition) is 1. The van der Waals surface area contributed by atoms with Crippen LogP contribution in [0.3, 0.4) is 0 Å². The SMILES string of the molecule is CCN1C(=O)c2ccccc2NC1c1ccc([N+](=O)[O-])cc1. The number of para-hydroxylation sites is 1. The normalized spacial score (nSPS) is 16.9. The van der Waals surface area contributed by atoms with Crippen LogP contribution in [0.15, 0.2) is 48.5 Å². The van der Waals surface area contributed by atoms with Crippen LogP contribution in [-0.4, -0.2) is 22.3 Å². The number of amides is 1. The van der Waals surface area contributed by atoms with Gasteiger partial charge in [0.1, 0.15) is 6.17 Å². The Morgan fingerprint density at radius 1 is 1.18 bits per heavy atom. The molecule has 1 atom stereocenters. The van der Waals surface area contributed by atoms with Gasteiger partial charge in [0.25, 0.3) is 11.6 Å². The summed E-state index contributed by atoms with van der Waals surface area (Å²) in [4.78, 5) is 24.6. The second-order valence-electron chi connectivity index (χ2n) is 5.03. The van der Waals surface area contributed by atoms with Crippen LogP contribution in [0.5, 0.6) is 0 Å². The van der Waals surface area contributed by atoms with Crippen molar-refractivity contribution in [1.82, 2.24) is 4.90 Å². The number of nitro benzene ring substituents is 1. The van der Waals surface area contributed by atoms with Gasteiger partial charge >= 0.3 is 0 Å². The Labute approximate surface area is 127 Å². The van der Waals surface area contributed by atoms with E-state index in [1.54, 1.807) is 23.1 Å². The fraction of sp³-hybridized carbons (Fsp3) is 0.188. The summed E-state index contributed by atoms with van der Waals surface area (Å²) in [6, 6.07) is 13.6. The summed E-state index contributed by atoms with van der Waals surface area (Å²) in [5, 5.41) is 14.1. The number of nitro groups is 1. The van der Waals surface area contributed by atoms with E-state index in [0.717, 1.165) is 11.3 Å². The van der Waals surface area contributed by atoms with Crippen LogP contribution >= 0.6 is 0 Å². The van der Waals surface area contributed by atoms with Crippen LogP contribution < -0.4 is 5.32 Å². The Morgan fingerprint density at radius 2 is 1.86 bits per heavy atom. The van der Waals surface area contributed by atoms with Crippen molar-refractivity contribution in [2.24, 2.45) is 0 Å². The van der Waals surface area contributed by atoms with Crippen LogP contribution in [0.25, 0.3) is 0 Å². The van der Waals surface area contributed by atoms with Crippen molar-refractivity contribution in [3.05, 3.63) is 69.8 Å². The molecule has 2 aromatic carbocycles. The maximum absolute atomic E-state index is 12.6. The predicted molar refractivity (Wildman–Crippen MR) is 82.6 cm³/mol. The molecule has 0 fully saturated rings. The Hall–Kier alpha value is -2.89. The molecule has 1 heterocycles. The number of hydrogen-bond acceptors (Lipinski definition) is 4. The van der Waals surface area contributed by atoms with E-state index >= 15 is 0 Å². The Balaban J connectivity index is 1.99. The van der Waals surface area contributed by atoms with Gasteiger partial charge in [-0.25, -0.2) is 0 Å². The van der Waals surface area contributed by atoms with Gasteiger partial charge in [0.05, 0.1) is 10.5 Å². The third-order valence-corrected chi connectivity index (χ3v) is 3.78. The molecule has 3 rings (SSSR count). The van der Waals surface area contributed by atoms with Crippen molar-refractivity contribution < 1.29 is 9.72 Å². The summed E-state index contributed by atoms with van der Waals surface area (Å²) in [6.45, 7) is 2.45. The van der Waals surface area contributed by atoms with Crippen LogP contribution in [0, 0.1) is 10.1 Å². The number of benzene rings is 2. The number of carbonyl (C=O) groups excluding carboxylic acids is 1. The highest BCUT2D eigenvalue weighted by molar-refractivity contribution is 6.01. The van der Waals surface area contributed by atoms with E-state index in [2.05, 4.69) is 5.32 Å². The quantitative estimate of drug-likeness (QED) is 0.697. The van der Waals surface area contributed by atoms with Crippen LogP contribution in [0.2, 0.25) is 0 Å². The zero-order valence-corrected chi connectivity index (χ0v) is 12.0. The molecule has 0 bridgehead atoms. The van der Waals surface area contributed by atoms with Crippen molar-refractivity contribution in [2.45, 2.75) is 13.1 Å². The summed E-state index contributed by atoms with van der Waals surface area (Å²) in [7, 11) is 0. The first-order valence-corrected chi connectivity index (χ1v) is 7.02. The third kappa shape index (κ3) is 2.28. The molecule has 0 aromatic heterocycles. The van der Waals surface area contributed by atoms with E-state index in [4.69, 9.17) is 0 Å². The minimum atomic E-state index is -0.434. The van der Waals surface area contributed by atoms with Crippen molar-refractivity contribution in [3.63, 3.8) is 0 Å². The lowest BCUT2D eigenvalue weighted by Gasteiger charge is -2.37. The molecule has 6 nitrogen and oxygen atoms in total. The van der Waals surface area contributed by atoms with Gasteiger partial charge in [-0.05, 0) is 36.8 Å². The molecule has 0 saturated carbocycles. The highest BCUT2D eigenvalue weighted by Gasteiger charge is 2.31. The predicted octanol–water partition coefficient (Wildman–Crippen LogP) is 3.18. The lowest BCUT2D eigenvalue weighted by atomic mass is 10.0. The molecular weight excluding hydrogens is 282 g/mol. The van der Waals surface area contributed by atoms with E-state index in [1.807, 2.05) is 25.1 Å². The molecule has 1 amide bonds. The number of rotatable bonds is 3. The lowest BCUT2D eigenvalue weighted by molar-refractivity contribution is -0.384. The molecule has 1 N–H and O–H groups in total. The summed E-state index contributed by atoms with van der Waals surface area (Å²) in [5.74, 6) is -0.0415. The minimum Gasteiger partial charge on any atom is -0.361 e. The van der Waals surface area contributed by atoms with E-state index in [-0.39, 0.29) is 17.8 Å². The largest absolute Gasteiger partial charge is 0.361 e. The van der Waals surface area contributed by atoms with Gasteiger partial charge in [-0.15, -0.1) is 0 Å². The van der Waals surface area contributed by atoms with Gasteiger partial charge < -0.3 is 10.2 Å². The van der Waals surface area contributed by atoms with Crippen LogP contribution in [-0.2, 0) is 0 Å². The zero-order valence-electron chi connectivity index (χ0n) is 12.0. The van der Waals surface area contributed by atoms with E-state index in [0.29, 0.717) is 12.1 Å². The van der Waals surface area contributed by atoms with Crippen molar-refractivity contribution in [3.8, 4) is 0 Å². The standard InChI is InChI=1S/C16H15N3O3/c1-2-18-15(11-7-9-12(10-8-11)19(21)22)17-14-6-4-3-5-13(14)16(18)20/h3-10,15,17H,2H2,1H3. The van der Waals surface area contributed by atoms with E-state index < -0.39 is 4.92 Å². The molecule has 2 aromatic rings. The highest BCUT2D eigenvalue weighted by Crippen LogP contribution is 2.33. The summed E-state index contributed by atoms with van der Waals surface area (Å²) < 4.78 is 0.